The van der Waals surface area contributed by atoms with Crippen LogP contribution in [-0.2, 0) is 44.4 Å². The Morgan fingerprint density at radius 1 is 0.967 bits per heavy atom. The van der Waals surface area contributed by atoms with Gasteiger partial charge in [-0.3, -0.25) is 19.5 Å². The number of benzene rings is 4. The fourth-order valence-electron chi connectivity index (χ4n) is 7.32. The standard InChI is InChI=1S/C44H52N8O7S/c1-30-22-24-33(25-23-30)60(57,58)49-43(45)46-26-12-19-35(39(53)40-47-34-18-10-11-20-36(34)50(40)2)48-41(54)37-21-13-27-52(37)42(55)38(28-31-14-6-4-7-15-31)51(3)44(56)59-29-32-16-8-5-9-17-32/h4-11,14-18,20,22-25,35,37-39,53H,12-13,19,21,26-29H2,1-3H3,(H,48,54)(H3,45,46,49)/t35-,37-,38+,39?/m0/s1. The Morgan fingerprint density at radius 2 is 1.62 bits per heavy atom. The van der Waals surface area contributed by atoms with Crippen molar-refractivity contribution in [3.05, 3.63) is 132 Å². The highest BCUT2D eigenvalue weighted by Gasteiger charge is 2.41. The Bertz CT molecular complexity index is 2390. The minimum Gasteiger partial charge on any atom is -0.445 e. The molecule has 2 heterocycles. The van der Waals surface area contributed by atoms with Gasteiger partial charge in [-0.1, -0.05) is 90.5 Å². The summed E-state index contributed by atoms with van der Waals surface area (Å²) in [4.78, 5) is 53.9. The van der Waals surface area contributed by atoms with E-state index in [4.69, 9.17) is 10.5 Å². The maximum absolute atomic E-state index is 14.5. The number of nitrogens with one attached hydrogen (secondary N) is 2. The van der Waals surface area contributed by atoms with Crippen LogP contribution in [0.5, 0.6) is 0 Å². The van der Waals surface area contributed by atoms with E-state index in [0.29, 0.717) is 37.1 Å². The molecule has 4 atom stereocenters. The minimum atomic E-state index is -3.96. The highest BCUT2D eigenvalue weighted by molar-refractivity contribution is 7.90. The van der Waals surface area contributed by atoms with E-state index in [1.54, 1.807) is 23.7 Å². The molecule has 5 aromatic rings. The second-order valence-electron chi connectivity index (χ2n) is 15.0. The fourth-order valence-corrected chi connectivity index (χ4v) is 8.28. The van der Waals surface area contributed by atoms with Crippen LogP contribution < -0.4 is 15.8 Å². The molecule has 15 nitrogen and oxygen atoms in total. The first-order valence-electron chi connectivity index (χ1n) is 19.9. The van der Waals surface area contributed by atoms with Gasteiger partial charge in [-0.2, -0.15) is 0 Å². The molecule has 1 unspecified atom stereocenters. The fraction of sp³-hybridized carbons (Fsp3) is 0.341. The molecule has 0 radical (unpaired) electrons. The number of hydrogen-bond donors (Lipinski definition) is 4. The summed E-state index contributed by atoms with van der Waals surface area (Å²) >= 11 is 0. The number of ether oxygens (including phenoxy) is 1. The van der Waals surface area contributed by atoms with E-state index < -0.39 is 52.2 Å². The summed E-state index contributed by atoms with van der Waals surface area (Å²) in [6.07, 6.45) is -0.338. The molecular formula is C44H52N8O7S. The minimum absolute atomic E-state index is 0.0290. The van der Waals surface area contributed by atoms with Gasteiger partial charge in [-0.25, -0.2) is 22.9 Å². The molecule has 1 fully saturated rings. The van der Waals surface area contributed by atoms with E-state index in [1.165, 1.54) is 29.0 Å². The van der Waals surface area contributed by atoms with Crippen LogP contribution >= 0.6 is 0 Å². The number of aliphatic hydroxyl groups excluding tert-OH is 1. The third kappa shape index (κ3) is 10.7. The second-order valence-corrected chi connectivity index (χ2v) is 16.6. The van der Waals surface area contributed by atoms with Crippen LogP contribution in [0.1, 0.15) is 54.3 Å². The van der Waals surface area contributed by atoms with Gasteiger partial charge in [0.1, 0.15) is 30.6 Å². The molecule has 316 valence electrons. The van der Waals surface area contributed by atoms with Crippen LogP contribution in [0.4, 0.5) is 4.79 Å². The molecule has 1 saturated heterocycles. The molecule has 1 aromatic heterocycles. The van der Waals surface area contributed by atoms with Crippen LogP contribution in [0.2, 0.25) is 0 Å². The maximum Gasteiger partial charge on any atom is 0.410 e. The number of likely N-dealkylation sites (N-methyl/N-ethyl adjacent to an activating group) is 1. The monoisotopic (exact) mass is 836 g/mol. The number of carbonyl (C=O) groups is 3. The summed E-state index contributed by atoms with van der Waals surface area (Å²) in [7, 11) is -0.653. The molecular weight excluding hydrogens is 785 g/mol. The van der Waals surface area contributed by atoms with Gasteiger partial charge >= 0.3 is 6.09 Å². The average molecular weight is 837 g/mol. The lowest BCUT2D eigenvalue weighted by Crippen LogP contribution is -2.56. The Kier molecular flexibility index (Phi) is 14.2. The number of likely N-dealkylation sites (tertiary alicyclic amines) is 1. The van der Waals surface area contributed by atoms with Crippen molar-refractivity contribution in [2.45, 2.75) is 74.8 Å². The van der Waals surface area contributed by atoms with Crippen molar-refractivity contribution >= 4 is 44.9 Å². The normalized spacial score (nSPS) is 15.9. The van der Waals surface area contributed by atoms with E-state index in [2.05, 4.69) is 20.0 Å². The number of amides is 3. The first kappa shape index (κ1) is 43.3. The molecule has 4 aromatic carbocycles. The quantitative estimate of drug-likeness (QED) is 0.0634. The third-order valence-corrected chi connectivity index (χ3v) is 12.0. The Morgan fingerprint density at radius 3 is 2.30 bits per heavy atom. The highest BCUT2D eigenvalue weighted by Crippen LogP contribution is 2.26. The van der Waals surface area contributed by atoms with Gasteiger partial charge < -0.3 is 30.4 Å². The molecule has 0 saturated carbocycles. The lowest BCUT2D eigenvalue weighted by molar-refractivity contribution is -0.142. The van der Waals surface area contributed by atoms with Crippen molar-refractivity contribution in [3.8, 4) is 0 Å². The number of carbonyl (C=O) groups excluding carboxylic acids is 3. The lowest BCUT2D eigenvalue weighted by atomic mass is 10.0. The van der Waals surface area contributed by atoms with Gasteiger partial charge in [0.25, 0.3) is 10.0 Å². The van der Waals surface area contributed by atoms with Crippen LogP contribution in [0, 0.1) is 6.92 Å². The summed E-state index contributed by atoms with van der Waals surface area (Å²) < 4.78 is 35.3. The molecule has 0 aliphatic carbocycles. The zero-order valence-electron chi connectivity index (χ0n) is 34.0. The van der Waals surface area contributed by atoms with Gasteiger partial charge in [0.05, 0.1) is 22.0 Å². The number of rotatable bonds is 16. The summed E-state index contributed by atoms with van der Waals surface area (Å²) in [6.45, 7) is 2.24. The van der Waals surface area contributed by atoms with E-state index in [-0.39, 0.29) is 36.8 Å². The Labute approximate surface area is 350 Å². The number of nitrogens with zero attached hydrogens (tertiary/aromatic N) is 5. The summed E-state index contributed by atoms with van der Waals surface area (Å²) in [5.74, 6) is -0.842. The molecule has 3 amide bonds. The van der Waals surface area contributed by atoms with Crippen molar-refractivity contribution in [2.75, 3.05) is 20.1 Å². The lowest BCUT2D eigenvalue weighted by Gasteiger charge is -2.33. The SMILES string of the molecule is Cc1ccc(S(=O)(=O)NC(N)=NCCC[C@H](NC(=O)[C@@H]2CCCN2C(=O)[C@@H](Cc2ccccc2)N(C)C(=O)OCc2ccccc2)C(O)c2nc3ccccc3n2C)cc1. The van der Waals surface area contributed by atoms with Crippen molar-refractivity contribution in [1.29, 1.82) is 0 Å². The first-order valence-corrected chi connectivity index (χ1v) is 21.4. The van der Waals surface area contributed by atoms with E-state index in [9.17, 15) is 27.9 Å². The van der Waals surface area contributed by atoms with Crippen LogP contribution in [-0.4, -0.2) is 95.0 Å². The maximum atomic E-state index is 14.5. The molecule has 0 spiro atoms. The van der Waals surface area contributed by atoms with Crippen molar-refractivity contribution < 1.29 is 32.6 Å². The smallest absolute Gasteiger partial charge is 0.410 e. The number of hydrogen-bond acceptors (Lipinski definition) is 9. The molecule has 6 rings (SSSR count). The van der Waals surface area contributed by atoms with E-state index in [1.807, 2.05) is 91.9 Å². The zero-order valence-corrected chi connectivity index (χ0v) is 34.8. The zero-order chi connectivity index (χ0) is 42.8. The molecule has 0 bridgehead atoms. The van der Waals surface area contributed by atoms with Gasteiger partial charge in [-0.15, -0.1) is 0 Å². The number of aromatic nitrogens is 2. The number of aliphatic imine (C=N–C) groups is 1. The molecule has 16 heteroatoms. The number of para-hydroxylation sites is 2. The number of sulfonamides is 1. The van der Waals surface area contributed by atoms with Crippen molar-refractivity contribution in [1.82, 2.24) is 29.4 Å². The highest BCUT2D eigenvalue weighted by atomic mass is 32.2. The third-order valence-electron chi connectivity index (χ3n) is 10.7. The number of imidazole rings is 1. The summed E-state index contributed by atoms with van der Waals surface area (Å²) in [5.41, 5.74) is 9.97. The van der Waals surface area contributed by atoms with Gasteiger partial charge in [0.2, 0.25) is 17.8 Å². The molecule has 1 aliphatic rings. The largest absolute Gasteiger partial charge is 0.445 e. The van der Waals surface area contributed by atoms with Gasteiger partial charge in [0, 0.05) is 33.6 Å². The number of aliphatic hydroxyl groups is 1. The topological polar surface area (TPSA) is 202 Å². The van der Waals surface area contributed by atoms with Crippen LogP contribution in [0.25, 0.3) is 11.0 Å². The average Bonchev–Trinajstić information content (AvgIpc) is 3.88. The first-order chi connectivity index (χ1) is 28.8. The van der Waals surface area contributed by atoms with Gasteiger partial charge in [0.15, 0.2) is 0 Å². The van der Waals surface area contributed by atoms with E-state index in [0.717, 1.165) is 22.2 Å². The van der Waals surface area contributed by atoms with Crippen molar-refractivity contribution in [2.24, 2.45) is 17.8 Å². The predicted octanol–water partition coefficient (Wildman–Crippen LogP) is 4.34. The van der Waals surface area contributed by atoms with Gasteiger partial charge in [-0.05, 0) is 68.0 Å². The second kappa shape index (κ2) is 19.7. The number of guanidine groups is 1. The predicted molar refractivity (Wildman–Crippen MR) is 228 cm³/mol. The molecule has 5 N–H and O–H groups in total. The summed E-state index contributed by atoms with van der Waals surface area (Å²) in [6, 6.07) is 29.6. The number of aryl methyl sites for hydroxylation is 2. The number of nitrogens with two attached hydrogens (primary N) is 1. The van der Waals surface area contributed by atoms with Crippen LogP contribution in [0.3, 0.4) is 0 Å². The number of fused-ring (bicyclic) bond motifs is 1. The Balaban J connectivity index is 1.18. The van der Waals surface area contributed by atoms with Crippen LogP contribution in [0.15, 0.2) is 119 Å². The molecule has 60 heavy (non-hydrogen) atoms. The van der Waals surface area contributed by atoms with Crippen molar-refractivity contribution in [3.63, 3.8) is 0 Å². The van der Waals surface area contributed by atoms with E-state index >= 15 is 0 Å². The molecule has 1 aliphatic heterocycles. The Hall–Kier alpha value is -6.26. The summed E-state index contributed by atoms with van der Waals surface area (Å²) in [5, 5.41) is 14.9.